The predicted molar refractivity (Wildman–Crippen MR) is 146 cm³/mol. The van der Waals surface area contributed by atoms with Crippen LogP contribution in [0.3, 0.4) is 0 Å². The molecule has 37 heavy (non-hydrogen) atoms. The van der Waals surface area contributed by atoms with Gasteiger partial charge in [0.2, 0.25) is 0 Å². The van der Waals surface area contributed by atoms with Gasteiger partial charge in [0.15, 0.2) is 11.5 Å². The van der Waals surface area contributed by atoms with Crippen molar-refractivity contribution in [3.8, 4) is 0 Å². The van der Waals surface area contributed by atoms with Crippen molar-refractivity contribution in [2.75, 3.05) is 41.3 Å². The molecular formula is C26H32N8O2S. The molecule has 2 saturated heterocycles. The molecule has 4 heterocycles. The molecule has 0 saturated carbocycles. The second-order valence-electron chi connectivity index (χ2n) is 9.60. The average Bonchev–Trinajstić information content (AvgIpc) is 3.33. The van der Waals surface area contributed by atoms with E-state index in [9.17, 15) is 9.59 Å². The van der Waals surface area contributed by atoms with Crippen LogP contribution in [0.2, 0.25) is 0 Å². The zero-order chi connectivity index (χ0) is 25.8. The molecule has 2 aliphatic rings. The van der Waals surface area contributed by atoms with Crippen LogP contribution in [0.1, 0.15) is 58.6 Å². The Morgan fingerprint density at radius 3 is 2.51 bits per heavy atom. The highest BCUT2D eigenvalue weighted by Crippen LogP contribution is 2.26. The Labute approximate surface area is 220 Å². The summed E-state index contributed by atoms with van der Waals surface area (Å²) >= 11 is 1.28. The highest BCUT2D eigenvalue weighted by atomic mass is 32.1. The third-order valence-corrected chi connectivity index (χ3v) is 7.59. The van der Waals surface area contributed by atoms with Gasteiger partial charge in [0.25, 0.3) is 11.8 Å². The minimum absolute atomic E-state index is 0.0267. The molecule has 194 valence electrons. The number of anilines is 4. The van der Waals surface area contributed by atoms with E-state index in [1.165, 1.54) is 36.5 Å². The first-order chi connectivity index (χ1) is 18.0. The van der Waals surface area contributed by atoms with Gasteiger partial charge in [-0.15, -0.1) is 0 Å². The number of benzene rings is 1. The van der Waals surface area contributed by atoms with Gasteiger partial charge in [-0.3, -0.25) is 9.59 Å². The van der Waals surface area contributed by atoms with Crippen LogP contribution < -0.4 is 26.2 Å². The molecule has 0 radical (unpaired) electrons. The Morgan fingerprint density at radius 1 is 1.05 bits per heavy atom. The maximum atomic E-state index is 13.0. The first-order valence-electron chi connectivity index (χ1n) is 12.7. The zero-order valence-corrected chi connectivity index (χ0v) is 21.8. The third-order valence-electron chi connectivity index (χ3n) is 6.79. The number of nitrogens with zero attached hydrogens (tertiary/aromatic N) is 5. The summed E-state index contributed by atoms with van der Waals surface area (Å²) in [5.74, 6) is 0.195. The van der Waals surface area contributed by atoms with Crippen molar-refractivity contribution >= 4 is 45.7 Å². The Morgan fingerprint density at radius 2 is 1.81 bits per heavy atom. The van der Waals surface area contributed by atoms with Crippen LogP contribution in [0.4, 0.5) is 22.3 Å². The van der Waals surface area contributed by atoms with E-state index in [0.29, 0.717) is 23.7 Å². The molecule has 11 heteroatoms. The molecule has 10 nitrogen and oxygen atoms in total. The molecule has 1 aromatic carbocycles. The lowest BCUT2D eigenvalue weighted by Gasteiger charge is -2.34. The highest BCUT2D eigenvalue weighted by Gasteiger charge is 2.25. The Bertz CT molecular complexity index is 1260. The fraction of sp³-hybridized carbons (Fsp3) is 0.423. The van der Waals surface area contributed by atoms with E-state index < -0.39 is 5.91 Å². The standard InChI is InChI=1S/C26H32N8O2S/c1-17-14-22(37-32-17)31-25-23(24(27)35)28-15-21(30-25)34-13-5-6-19(16-34)29-26(36)18-7-9-20(10-8-18)33-11-3-2-4-12-33/h7-10,14-15,19H,2-6,11-13,16H2,1H3,(H2,27,35)(H,29,36)(H,30,31). The molecule has 2 amide bonds. The first kappa shape index (κ1) is 24.9. The van der Waals surface area contributed by atoms with E-state index in [4.69, 9.17) is 5.73 Å². The number of rotatable bonds is 7. The maximum absolute atomic E-state index is 13.0. The van der Waals surface area contributed by atoms with E-state index in [1.807, 2.05) is 37.3 Å². The summed E-state index contributed by atoms with van der Waals surface area (Å²) in [6, 6.07) is 9.75. The van der Waals surface area contributed by atoms with Crippen LogP contribution in [0.25, 0.3) is 0 Å². The molecule has 5 rings (SSSR count). The molecular weight excluding hydrogens is 488 g/mol. The minimum atomic E-state index is -0.655. The number of aromatic nitrogens is 3. The lowest BCUT2D eigenvalue weighted by molar-refractivity contribution is 0.0932. The van der Waals surface area contributed by atoms with Gasteiger partial charge in [-0.1, -0.05) is 0 Å². The molecule has 2 aromatic heterocycles. The van der Waals surface area contributed by atoms with E-state index in [2.05, 4.69) is 34.8 Å². The third kappa shape index (κ3) is 5.99. The van der Waals surface area contributed by atoms with Gasteiger partial charge < -0.3 is 26.2 Å². The van der Waals surface area contributed by atoms with Gasteiger partial charge in [-0.25, -0.2) is 9.97 Å². The number of piperidine rings is 2. The molecule has 1 unspecified atom stereocenters. The molecule has 3 aromatic rings. The maximum Gasteiger partial charge on any atom is 0.271 e. The SMILES string of the molecule is Cc1cc(Nc2nc(N3CCCC(NC(=O)c4ccc(N5CCCCC5)cc4)C3)cnc2C(N)=O)sn1. The molecule has 2 fully saturated rings. The monoisotopic (exact) mass is 520 g/mol. The van der Waals surface area contributed by atoms with Crippen LogP contribution in [-0.2, 0) is 0 Å². The number of primary amides is 1. The molecule has 0 bridgehead atoms. The summed E-state index contributed by atoms with van der Waals surface area (Å²) in [5.41, 5.74) is 8.31. The lowest BCUT2D eigenvalue weighted by atomic mass is 10.0. The molecule has 0 aliphatic carbocycles. The summed E-state index contributed by atoms with van der Waals surface area (Å²) in [6.07, 6.45) is 7.07. The van der Waals surface area contributed by atoms with Gasteiger partial charge in [0.05, 0.1) is 11.9 Å². The van der Waals surface area contributed by atoms with Crippen LogP contribution in [0.15, 0.2) is 36.5 Å². The summed E-state index contributed by atoms with van der Waals surface area (Å²) < 4.78 is 4.25. The molecule has 4 N–H and O–H groups in total. The second-order valence-corrected chi connectivity index (χ2v) is 10.4. The summed E-state index contributed by atoms with van der Waals surface area (Å²) in [7, 11) is 0. The largest absolute Gasteiger partial charge is 0.372 e. The van der Waals surface area contributed by atoms with Crippen LogP contribution in [0, 0.1) is 6.92 Å². The number of amides is 2. The Balaban J connectivity index is 1.25. The Kier molecular flexibility index (Phi) is 7.50. The summed E-state index contributed by atoms with van der Waals surface area (Å²) in [5, 5.41) is 7.06. The van der Waals surface area contributed by atoms with E-state index in [0.717, 1.165) is 43.2 Å². The average molecular weight is 521 g/mol. The normalized spacial score (nSPS) is 17.9. The topological polar surface area (TPSA) is 129 Å². The predicted octanol–water partition coefficient (Wildman–Crippen LogP) is 3.47. The van der Waals surface area contributed by atoms with Crippen molar-refractivity contribution < 1.29 is 9.59 Å². The van der Waals surface area contributed by atoms with Gasteiger partial charge in [-0.2, -0.15) is 4.37 Å². The van der Waals surface area contributed by atoms with Gasteiger partial charge >= 0.3 is 0 Å². The van der Waals surface area contributed by atoms with Gasteiger partial charge in [0.1, 0.15) is 10.8 Å². The summed E-state index contributed by atoms with van der Waals surface area (Å²) in [6.45, 7) is 5.42. The van der Waals surface area contributed by atoms with Crippen molar-refractivity contribution in [1.29, 1.82) is 0 Å². The summed E-state index contributed by atoms with van der Waals surface area (Å²) in [4.78, 5) is 38.3. The first-order valence-corrected chi connectivity index (χ1v) is 13.5. The van der Waals surface area contributed by atoms with Crippen molar-refractivity contribution in [1.82, 2.24) is 19.7 Å². The van der Waals surface area contributed by atoms with E-state index in [-0.39, 0.29) is 17.6 Å². The fourth-order valence-electron chi connectivity index (χ4n) is 4.89. The van der Waals surface area contributed by atoms with Crippen molar-refractivity contribution in [2.24, 2.45) is 5.73 Å². The Hall–Kier alpha value is -3.73. The van der Waals surface area contributed by atoms with Crippen LogP contribution >= 0.6 is 11.5 Å². The smallest absolute Gasteiger partial charge is 0.271 e. The fourth-order valence-corrected chi connectivity index (χ4v) is 5.55. The molecule has 2 aliphatic heterocycles. The number of nitrogens with two attached hydrogens (primary N) is 1. The number of carbonyl (C=O) groups is 2. The lowest BCUT2D eigenvalue weighted by Crippen LogP contribution is -2.48. The molecule has 0 spiro atoms. The number of carbonyl (C=O) groups excluding carboxylic acids is 2. The van der Waals surface area contributed by atoms with Crippen molar-refractivity contribution in [3.05, 3.63) is 53.5 Å². The molecule has 1 atom stereocenters. The second kappa shape index (κ2) is 11.1. The van der Waals surface area contributed by atoms with Crippen LogP contribution in [-0.4, -0.2) is 58.4 Å². The van der Waals surface area contributed by atoms with Crippen LogP contribution in [0.5, 0.6) is 0 Å². The quantitative estimate of drug-likeness (QED) is 0.432. The minimum Gasteiger partial charge on any atom is -0.372 e. The highest BCUT2D eigenvalue weighted by molar-refractivity contribution is 7.10. The van der Waals surface area contributed by atoms with Gasteiger partial charge in [-0.05, 0) is 80.9 Å². The number of hydrogen-bond donors (Lipinski definition) is 3. The number of aryl methyl sites for hydroxylation is 1. The van der Waals surface area contributed by atoms with E-state index in [1.54, 1.807) is 6.20 Å². The zero-order valence-electron chi connectivity index (χ0n) is 20.9. The number of nitrogens with one attached hydrogen (secondary N) is 2. The van der Waals surface area contributed by atoms with Gasteiger partial charge in [0, 0.05) is 43.5 Å². The van der Waals surface area contributed by atoms with Crippen molar-refractivity contribution in [2.45, 2.75) is 45.1 Å². The van der Waals surface area contributed by atoms with E-state index >= 15 is 0 Å². The number of hydrogen-bond acceptors (Lipinski definition) is 9. The van der Waals surface area contributed by atoms with Crippen molar-refractivity contribution in [3.63, 3.8) is 0 Å².